The van der Waals surface area contributed by atoms with Crippen LogP contribution in [0.2, 0.25) is 6.04 Å². The van der Waals surface area contributed by atoms with Crippen LogP contribution in [0.1, 0.15) is 5.56 Å². The molecule has 0 spiro atoms. The molecule has 0 aliphatic rings. The lowest BCUT2D eigenvalue weighted by Crippen LogP contribution is -2.43. The van der Waals surface area contributed by atoms with E-state index in [1.54, 1.807) is 12.1 Å². The molecule has 0 atom stereocenters. The maximum atomic E-state index is 11.9. The van der Waals surface area contributed by atoms with Crippen molar-refractivity contribution in [2.24, 2.45) is 4.40 Å². The van der Waals surface area contributed by atoms with Gasteiger partial charge in [0.25, 0.3) is 10.0 Å². The van der Waals surface area contributed by atoms with Gasteiger partial charge in [0, 0.05) is 33.6 Å². The Bertz CT molecular complexity index is 761. The first kappa shape index (κ1) is 20.9. The molecule has 0 unspecified atom stereocenters. The summed E-state index contributed by atoms with van der Waals surface area (Å²) in [6, 6.07) is 6.54. The van der Waals surface area contributed by atoms with E-state index in [9.17, 15) is 16.8 Å². The zero-order valence-corrected chi connectivity index (χ0v) is 16.6. The standard InChI is InChI=1S/C13H21NO7S2Si/c1-19-24(20-2,21-3)10-9-12-5-7-13(8-6-12)23(17,18)14-11-22(4,15)16/h5-8,11H,9-10H2,1-4H3. The van der Waals surface area contributed by atoms with Crippen LogP contribution in [0.5, 0.6) is 0 Å². The van der Waals surface area contributed by atoms with Gasteiger partial charge in [0.05, 0.1) is 4.90 Å². The molecular weight excluding hydrogens is 374 g/mol. The Morgan fingerprint density at radius 3 is 1.92 bits per heavy atom. The van der Waals surface area contributed by atoms with E-state index in [2.05, 4.69) is 4.40 Å². The summed E-state index contributed by atoms with van der Waals surface area (Å²) in [5.74, 6) is 0. The van der Waals surface area contributed by atoms with Crippen LogP contribution in [-0.4, -0.2) is 58.8 Å². The van der Waals surface area contributed by atoms with E-state index in [0.717, 1.165) is 11.8 Å². The van der Waals surface area contributed by atoms with Crippen molar-refractivity contribution in [3.63, 3.8) is 0 Å². The van der Waals surface area contributed by atoms with Gasteiger partial charge in [0.15, 0.2) is 9.84 Å². The number of aryl methyl sites for hydroxylation is 1. The average Bonchev–Trinajstić information content (AvgIpc) is 2.55. The Morgan fingerprint density at radius 2 is 1.50 bits per heavy atom. The molecule has 0 amide bonds. The minimum absolute atomic E-state index is 0.0834. The van der Waals surface area contributed by atoms with Gasteiger partial charge in [-0.1, -0.05) is 12.1 Å². The molecule has 0 aromatic heterocycles. The summed E-state index contributed by atoms with van der Waals surface area (Å²) in [7, 11) is -5.78. The summed E-state index contributed by atoms with van der Waals surface area (Å²) in [5, 5.41) is 0. The summed E-state index contributed by atoms with van der Waals surface area (Å²) >= 11 is 0. The molecule has 0 aliphatic carbocycles. The molecule has 1 aromatic carbocycles. The molecular formula is C13H21NO7S2Si. The number of rotatable bonds is 9. The van der Waals surface area contributed by atoms with Crippen molar-refractivity contribution in [1.29, 1.82) is 0 Å². The van der Waals surface area contributed by atoms with Gasteiger partial charge in [-0.05, 0) is 24.1 Å². The summed E-state index contributed by atoms with van der Waals surface area (Å²) in [6.45, 7) is 0. The molecule has 0 bridgehead atoms. The smallest absolute Gasteiger partial charge is 0.377 e. The van der Waals surface area contributed by atoms with Gasteiger partial charge in [0.1, 0.15) is 5.55 Å². The first-order valence-electron chi connectivity index (χ1n) is 6.82. The lowest BCUT2D eigenvalue weighted by molar-refractivity contribution is 0.123. The van der Waals surface area contributed by atoms with E-state index in [0.29, 0.717) is 18.0 Å². The molecule has 8 nitrogen and oxygen atoms in total. The van der Waals surface area contributed by atoms with Crippen LogP contribution in [0, 0.1) is 0 Å². The minimum atomic E-state index is -4.04. The number of sulfone groups is 1. The van der Waals surface area contributed by atoms with Crippen LogP contribution in [0.15, 0.2) is 33.6 Å². The zero-order chi connectivity index (χ0) is 18.4. The molecule has 0 radical (unpaired) electrons. The lowest BCUT2D eigenvalue weighted by atomic mass is 10.2. The van der Waals surface area contributed by atoms with Crippen molar-refractivity contribution in [1.82, 2.24) is 0 Å². The fourth-order valence-corrected chi connectivity index (χ4v) is 5.26. The predicted molar refractivity (Wildman–Crippen MR) is 92.3 cm³/mol. The third kappa shape index (κ3) is 6.07. The highest BCUT2D eigenvalue weighted by Gasteiger charge is 2.37. The van der Waals surface area contributed by atoms with Crippen molar-refractivity contribution in [2.45, 2.75) is 17.4 Å². The van der Waals surface area contributed by atoms with E-state index >= 15 is 0 Å². The summed E-state index contributed by atoms with van der Waals surface area (Å²) in [5.41, 5.74) is 1.29. The average molecular weight is 396 g/mol. The molecule has 0 saturated carbocycles. The maximum Gasteiger partial charge on any atom is 0.500 e. The SMILES string of the molecule is CO[Si](CCc1ccc(S(=O)(=O)N=CS(C)(=O)=O)cc1)(OC)OC. The van der Waals surface area contributed by atoms with Crippen LogP contribution in [0.25, 0.3) is 0 Å². The van der Waals surface area contributed by atoms with Gasteiger partial charge in [0.2, 0.25) is 0 Å². The number of sulfonamides is 1. The van der Waals surface area contributed by atoms with Crippen LogP contribution in [0.4, 0.5) is 0 Å². The Labute approximate surface area is 143 Å². The van der Waals surface area contributed by atoms with Crippen LogP contribution in [0.3, 0.4) is 0 Å². The van der Waals surface area contributed by atoms with Crippen LogP contribution in [-0.2, 0) is 39.6 Å². The highest BCUT2D eigenvalue weighted by Crippen LogP contribution is 2.19. The Kier molecular flexibility index (Phi) is 7.25. The highest BCUT2D eigenvalue weighted by molar-refractivity contribution is 8.04. The molecule has 0 saturated heterocycles. The third-order valence-corrected chi connectivity index (χ3v) is 7.85. The van der Waals surface area contributed by atoms with Crippen molar-refractivity contribution in [3.05, 3.63) is 29.8 Å². The van der Waals surface area contributed by atoms with Gasteiger partial charge in [-0.2, -0.15) is 12.8 Å². The van der Waals surface area contributed by atoms with Gasteiger partial charge in [-0.15, -0.1) is 0 Å². The van der Waals surface area contributed by atoms with Gasteiger partial charge in [-0.25, -0.2) is 8.42 Å². The number of hydrogen-bond donors (Lipinski definition) is 0. The zero-order valence-electron chi connectivity index (χ0n) is 13.9. The number of nitrogens with zero attached hydrogens (tertiary/aromatic N) is 1. The van der Waals surface area contributed by atoms with E-state index in [-0.39, 0.29) is 4.90 Å². The molecule has 0 heterocycles. The first-order valence-corrected chi connectivity index (χ1v) is 12.1. The van der Waals surface area contributed by atoms with Crippen molar-refractivity contribution in [3.8, 4) is 0 Å². The van der Waals surface area contributed by atoms with Crippen molar-refractivity contribution in [2.75, 3.05) is 27.6 Å². The lowest BCUT2D eigenvalue weighted by Gasteiger charge is -2.24. The number of benzene rings is 1. The van der Waals surface area contributed by atoms with E-state index in [1.807, 2.05) is 0 Å². The van der Waals surface area contributed by atoms with Crippen LogP contribution >= 0.6 is 0 Å². The van der Waals surface area contributed by atoms with Crippen molar-refractivity contribution >= 4 is 34.2 Å². The fourth-order valence-electron chi connectivity index (χ4n) is 1.88. The van der Waals surface area contributed by atoms with E-state index in [1.165, 1.54) is 33.5 Å². The van der Waals surface area contributed by atoms with Gasteiger partial charge >= 0.3 is 8.80 Å². The summed E-state index contributed by atoms with van der Waals surface area (Å²) in [6.07, 6.45) is 1.45. The topological polar surface area (TPSA) is 108 Å². The molecule has 1 rings (SSSR count). The summed E-state index contributed by atoms with van der Waals surface area (Å²) in [4.78, 5) is -0.0834. The maximum absolute atomic E-state index is 11.9. The molecule has 24 heavy (non-hydrogen) atoms. The Balaban J connectivity index is 2.88. The first-order chi connectivity index (χ1) is 11.1. The Hall–Kier alpha value is -1.11. The molecule has 0 fully saturated rings. The largest absolute Gasteiger partial charge is 0.500 e. The molecule has 0 aliphatic heterocycles. The normalized spacial score (nSPS) is 13.5. The number of hydrogen-bond acceptors (Lipinski definition) is 7. The highest BCUT2D eigenvalue weighted by atomic mass is 32.2. The molecule has 1 aromatic rings. The molecule has 0 N–H and O–H groups in total. The van der Waals surface area contributed by atoms with Crippen molar-refractivity contribution < 1.29 is 30.1 Å². The van der Waals surface area contributed by atoms with E-state index in [4.69, 9.17) is 13.3 Å². The van der Waals surface area contributed by atoms with E-state index < -0.39 is 28.7 Å². The molecule has 11 heteroatoms. The quantitative estimate of drug-likeness (QED) is 0.347. The van der Waals surface area contributed by atoms with Crippen LogP contribution < -0.4 is 0 Å². The second kappa shape index (κ2) is 8.32. The monoisotopic (exact) mass is 395 g/mol. The Morgan fingerprint density at radius 1 is 1.00 bits per heavy atom. The predicted octanol–water partition coefficient (Wildman–Crippen LogP) is 0.869. The second-order valence-electron chi connectivity index (χ2n) is 4.95. The fraction of sp³-hybridized carbons (Fsp3) is 0.462. The third-order valence-electron chi connectivity index (χ3n) is 3.25. The second-order valence-corrected chi connectivity index (χ2v) is 11.5. The van der Waals surface area contributed by atoms with Gasteiger partial charge in [-0.3, -0.25) is 0 Å². The minimum Gasteiger partial charge on any atom is -0.377 e. The molecule has 136 valence electrons. The summed E-state index contributed by atoms with van der Waals surface area (Å²) < 4.78 is 65.0. The van der Waals surface area contributed by atoms with Gasteiger partial charge < -0.3 is 13.3 Å².